The topological polar surface area (TPSA) is 142 Å². The van der Waals surface area contributed by atoms with E-state index in [1.807, 2.05) is 20.0 Å². The van der Waals surface area contributed by atoms with Crippen LogP contribution in [0.15, 0.2) is 30.3 Å². The van der Waals surface area contributed by atoms with Crippen LogP contribution in [0.1, 0.15) is 73.1 Å². The van der Waals surface area contributed by atoms with E-state index in [-0.39, 0.29) is 25.1 Å². The summed E-state index contributed by atoms with van der Waals surface area (Å²) in [4.78, 5) is 45.6. The molecule has 2 amide bonds. The number of phenols is 1. The molecule has 48 heavy (non-hydrogen) atoms. The average Bonchev–Trinajstić information content (AvgIpc) is 3.64. The number of hydrogen-bond donors (Lipinski definition) is 1. The molecule has 12 nitrogen and oxygen atoms in total. The van der Waals surface area contributed by atoms with E-state index in [0.717, 1.165) is 11.1 Å². The zero-order chi connectivity index (χ0) is 33.8. The Morgan fingerprint density at radius 1 is 1.04 bits per heavy atom. The number of nitrogens with zero attached hydrogens (tertiary/aromatic N) is 4. The minimum absolute atomic E-state index is 0.0444. The van der Waals surface area contributed by atoms with Crippen LogP contribution in [0, 0.1) is 25.2 Å². The molecule has 5 heterocycles. The van der Waals surface area contributed by atoms with E-state index in [9.17, 15) is 24.8 Å². The van der Waals surface area contributed by atoms with Crippen LogP contribution in [0.5, 0.6) is 28.7 Å². The number of phenolic OH excluding ortho intramolecular Hbond substituents is 1. The summed E-state index contributed by atoms with van der Waals surface area (Å²) < 4.78 is 23.6. The molecule has 1 N–H and O–H groups in total. The van der Waals surface area contributed by atoms with E-state index >= 15 is 0 Å². The van der Waals surface area contributed by atoms with Crippen molar-refractivity contribution in [1.82, 2.24) is 14.7 Å². The van der Waals surface area contributed by atoms with Crippen LogP contribution in [-0.4, -0.2) is 83.2 Å². The second-order valence-electron chi connectivity index (χ2n) is 13.1. The van der Waals surface area contributed by atoms with Crippen molar-refractivity contribution in [2.24, 2.45) is 0 Å². The average molecular weight is 651 g/mol. The van der Waals surface area contributed by atoms with E-state index in [4.69, 9.17) is 18.9 Å². The number of esters is 1. The van der Waals surface area contributed by atoms with Gasteiger partial charge in [0.25, 0.3) is 11.8 Å². The molecule has 3 aromatic carbocycles. The molecule has 3 aromatic rings. The zero-order valence-electron chi connectivity index (χ0n) is 27.2. The molecule has 8 rings (SSSR count). The maximum Gasteiger partial charge on any atom is 0.308 e. The summed E-state index contributed by atoms with van der Waals surface area (Å²) in [6.45, 7) is 4.86. The number of benzene rings is 3. The molecule has 0 aliphatic carbocycles. The number of carbonyl (C=O) groups is 3. The van der Waals surface area contributed by atoms with E-state index in [1.165, 1.54) is 18.9 Å². The first-order chi connectivity index (χ1) is 23.1. The number of ether oxygens (including phenoxy) is 4. The summed E-state index contributed by atoms with van der Waals surface area (Å²) in [6, 6.07) is 8.71. The Kier molecular flexibility index (Phi) is 6.74. The van der Waals surface area contributed by atoms with Gasteiger partial charge in [-0.05, 0) is 57.0 Å². The number of likely N-dealkylation sites (N-methyl/N-ethyl adjacent to an activating group) is 1. The quantitative estimate of drug-likeness (QED) is 0.251. The fraction of sp³-hybridized carbons (Fsp3) is 0.389. The van der Waals surface area contributed by atoms with Crippen LogP contribution in [0.2, 0.25) is 0 Å². The highest BCUT2D eigenvalue weighted by molar-refractivity contribution is 6.21. The largest absolute Gasteiger partial charge is 0.504 e. The number of fused-ring (bicyclic) bond motifs is 10. The molecule has 12 heteroatoms. The molecule has 0 spiro atoms. The predicted molar refractivity (Wildman–Crippen MR) is 169 cm³/mol. The van der Waals surface area contributed by atoms with Crippen LogP contribution < -0.4 is 18.9 Å². The Bertz CT molecular complexity index is 1970. The standard InChI is InChI=1S/C36H34N4O8/c1-16-10-19-11-23-25(13-37)40-24(29(38(23)4)27(19)30(42)31(16)45-5)12-22-28(34-33(46-15-47-34)17(2)32(22)48-18(3)41)26(40)14-39-35(43)20-8-6-7-9-21(20)36(39)44/h6-10,23-26,29,42H,11-12,14-15H2,1-5H3/t23?,24?,25?,26?,29-/m0/s1. The van der Waals surface area contributed by atoms with Gasteiger partial charge in [0.15, 0.2) is 23.0 Å². The summed E-state index contributed by atoms with van der Waals surface area (Å²) in [6.07, 6.45) is 0.794. The Balaban J connectivity index is 1.38. The molecule has 0 radical (unpaired) electrons. The number of methoxy groups -OCH3 is 1. The molecule has 1 saturated heterocycles. The minimum Gasteiger partial charge on any atom is -0.504 e. The Morgan fingerprint density at radius 2 is 1.73 bits per heavy atom. The van der Waals surface area contributed by atoms with Gasteiger partial charge < -0.3 is 24.1 Å². The van der Waals surface area contributed by atoms with Gasteiger partial charge in [-0.2, -0.15) is 5.26 Å². The van der Waals surface area contributed by atoms with Gasteiger partial charge >= 0.3 is 5.97 Å². The van der Waals surface area contributed by atoms with Gasteiger partial charge in [0.2, 0.25) is 6.79 Å². The lowest BCUT2D eigenvalue weighted by atomic mass is 9.71. The van der Waals surface area contributed by atoms with E-state index in [2.05, 4.69) is 15.9 Å². The first kappa shape index (κ1) is 30.2. The lowest BCUT2D eigenvalue weighted by molar-refractivity contribution is -0.132. The highest BCUT2D eigenvalue weighted by atomic mass is 16.7. The van der Waals surface area contributed by atoms with Gasteiger partial charge in [0.1, 0.15) is 11.8 Å². The fourth-order valence-corrected chi connectivity index (χ4v) is 8.87. The summed E-state index contributed by atoms with van der Waals surface area (Å²) in [5, 5.41) is 22.6. The Hall–Kier alpha value is -5.12. The van der Waals surface area contributed by atoms with Gasteiger partial charge in [0, 0.05) is 47.8 Å². The Labute approximate surface area is 276 Å². The first-order valence-corrected chi connectivity index (χ1v) is 15.9. The highest BCUT2D eigenvalue weighted by Crippen LogP contribution is 2.58. The number of hydrogen-bond acceptors (Lipinski definition) is 11. The van der Waals surface area contributed by atoms with Crippen LogP contribution >= 0.6 is 0 Å². The lowest BCUT2D eigenvalue weighted by Gasteiger charge is -2.60. The molecule has 246 valence electrons. The third-order valence-electron chi connectivity index (χ3n) is 10.7. The van der Waals surface area contributed by atoms with Gasteiger partial charge in [-0.25, -0.2) is 0 Å². The molecule has 1 fully saturated rings. The molecule has 0 aromatic heterocycles. The maximum absolute atomic E-state index is 13.8. The Morgan fingerprint density at radius 3 is 2.38 bits per heavy atom. The molecular formula is C36H34N4O8. The normalized spacial score (nSPS) is 25.2. The maximum atomic E-state index is 13.8. The van der Waals surface area contributed by atoms with E-state index in [1.54, 1.807) is 31.2 Å². The van der Waals surface area contributed by atoms with Crippen molar-refractivity contribution in [3.63, 3.8) is 0 Å². The monoisotopic (exact) mass is 650 g/mol. The number of rotatable bonds is 4. The smallest absolute Gasteiger partial charge is 0.308 e. The molecule has 5 aliphatic rings. The third-order valence-corrected chi connectivity index (χ3v) is 10.7. The van der Waals surface area contributed by atoms with Crippen molar-refractivity contribution in [3.8, 4) is 34.8 Å². The van der Waals surface area contributed by atoms with Crippen LogP contribution in [0.4, 0.5) is 0 Å². The van der Waals surface area contributed by atoms with Crippen LogP contribution in [0.25, 0.3) is 0 Å². The first-order valence-electron chi connectivity index (χ1n) is 15.9. The van der Waals surface area contributed by atoms with E-state index < -0.39 is 42.0 Å². The molecule has 2 bridgehead atoms. The van der Waals surface area contributed by atoms with Crippen molar-refractivity contribution in [2.75, 3.05) is 27.5 Å². The summed E-state index contributed by atoms with van der Waals surface area (Å²) in [7, 11) is 3.48. The number of carbonyl (C=O) groups excluding carboxylic acids is 3. The summed E-state index contributed by atoms with van der Waals surface area (Å²) in [5.41, 5.74) is 4.94. The number of amides is 2. The number of aromatic hydroxyl groups is 1. The van der Waals surface area contributed by atoms with Gasteiger partial charge in [0.05, 0.1) is 36.4 Å². The highest BCUT2D eigenvalue weighted by Gasteiger charge is 2.57. The molecular weight excluding hydrogens is 616 g/mol. The predicted octanol–water partition coefficient (Wildman–Crippen LogP) is 3.74. The SMILES string of the molecule is COc1c(C)cc2c(c1O)[C@@H]1C3Cc4c(OC(C)=O)c(C)c5c(c4C(CN4C(=O)c6ccccc6C4=O)N3C(C#N)C(C2)N1C)OCO5. The van der Waals surface area contributed by atoms with Crippen molar-refractivity contribution < 1.29 is 38.4 Å². The number of imide groups is 1. The second-order valence-corrected chi connectivity index (χ2v) is 13.1. The molecule has 4 unspecified atom stereocenters. The second kappa shape index (κ2) is 10.7. The van der Waals surface area contributed by atoms with E-state index in [0.29, 0.717) is 69.2 Å². The summed E-state index contributed by atoms with van der Waals surface area (Å²) in [5.74, 6) is 0.250. The minimum atomic E-state index is -0.745. The van der Waals surface area contributed by atoms with Gasteiger partial charge in [-0.3, -0.25) is 29.1 Å². The molecule has 5 aliphatic heterocycles. The van der Waals surface area contributed by atoms with Gasteiger partial charge in [-0.15, -0.1) is 0 Å². The number of piperazine rings is 1. The van der Waals surface area contributed by atoms with Crippen molar-refractivity contribution in [3.05, 3.63) is 74.8 Å². The third kappa shape index (κ3) is 3.98. The van der Waals surface area contributed by atoms with Crippen molar-refractivity contribution in [2.45, 2.75) is 63.8 Å². The van der Waals surface area contributed by atoms with Crippen molar-refractivity contribution in [1.29, 1.82) is 5.26 Å². The van der Waals surface area contributed by atoms with Gasteiger partial charge in [-0.1, -0.05) is 18.2 Å². The van der Waals surface area contributed by atoms with Crippen LogP contribution in [-0.2, 0) is 17.6 Å². The van der Waals surface area contributed by atoms with Crippen molar-refractivity contribution >= 4 is 17.8 Å². The molecule has 5 atom stereocenters. The zero-order valence-corrected chi connectivity index (χ0v) is 27.2. The molecule has 0 saturated carbocycles. The number of aryl methyl sites for hydroxylation is 1. The lowest BCUT2D eigenvalue weighted by Crippen LogP contribution is -2.68. The fourth-order valence-electron chi connectivity index (χ4n) is 8.87. The summed E-state index contributed by atoms with van der Waals surface area (Å²) >= 11 is 0. The van der Waals surface area contributed by atoms with Crippen LogP contribution in [0.3, 0.4) is 0 Å². The number of nitriles is 1.